The molecule has 0 unspecified atom stereocenters. The molecule has 4 nitrogen and oxygen atoms in total. The van der Waals surface area contributed by atoms with Crippen LogP contribution in [-0.2, 0) is 6.42 Å². The number of fused-ring (bicyclic) bond motifs is 1. The van der Waals surface area contributed by atoms with Gasteiger partial charge in [-0.25, -0.2) is 4.39 Å². The van der Waals surface area contributed by atoms with Crippen LogP contribution in [0.25, 0.3) is 10.9 Å². The van der Waals surface area contributed by atoms with Crippen molar-refractivity contribution in [3.8, 4) is 0 Å². The van der Waals surface area contributed by atoms with Gasteiger partial charge in [-0.15, -0.1) is 0 Å². The number of rotatable bonds is 5. The van der Waals surface area contributed by atoms with Gasteiger partial charge >= 0.3 is 0 Å². The molecule has 2 aromatic heterocycles. The Balaban J connectivity index is 1.65. The van der Waals surface area contributed by atoms with Gasteiger partial charge in [-0.2, -0.15) is 0 Å². The second kappa shape index (κ2) is 6.13. The van der Waals surface area contributed by atoms with Crippen molar-refractivity contribution in [2.45, 2.75) is 26.7 Å². The minimum Gasteiger partial charge on any atom is -0.384 e. The summed E-state index contributed by atoms with van der Waals surface area (Å²) in [6.07, 6.45) is 3.58. The molecule has 5 heteroatoms. The van der Waals surface area contributed by atoms with Gasteiger partial charge < -0.3 is 9.84 Å². The number of aromatic nitrogens is 2. The molecular weight excluding hydrogens is 281 g/mol. The number of aryl methyl sites for hydroxylation is 2. The maximum Gasteiger partial charge on any atom is 0.137 e. The highest BCUT2D eigenvalue weighted by Gasteiger charge is 2.08. The first-order valence-corrected chi connectivity index (χ1v) is 7.35. The Morgan fingerprint density at radius 2 is 2.09 bits per heavy atom. The Kier molecular flexibility index (Phi) is 4.04. The van der Waals surface area contributed by atoms with E-state index in [0.29, 0.717) is 5.52 Å². The minimum atomic E-state index is -0.268. The maximum atomic E-state index is 13.2. The van der Waals surface area contributed by atoms with Crippen molar-refractivity contribution >= 4 is 16.6 Å². The fraction of sp³-hybridized carbons (Fsp3) is 0.294. The highest BCUT2D eigenvalue weighted by molar-refractivity contribution is 5.90. The molecule has 3 aromatic rings. The first-order chi connectivity index (χ1) is 10.6. The van der Waals surface area contributed by atoms with Crippen LogP contribution in [0.15, 0.2) is 35.0 Å². The number of hydrogen-bond donors (Lipinski definition) is 1. The van der Waals surface area contributed by atoms with Crippen LogP contribution >= 0.6 is 0 Å². The summed E-state index contributed by atoms with van der Waals surface area (Å²) >= 11 is 0. The van der Waals surface area contributed by atoms with Crippen LogP contribution in [0.5, 0.6) is 0 Å². The lowest BCUT2D eigenvalue weighted by atomic mass is 10.1. The van der Waals surface area contributed by atoms with Crippen molar-refractivity contribution in [2.24, 2.45) is 0 Å². The highest BCUT2D eigenvalue weighted by atomic mass is 19.1. The molecule has 0 bridgehead atoms. The summed E-state index contributed by atoms with van der Waals surface area (Å²) in [7, 11) is 0. The van der Waals surface area contributed by atoms with Crippen LogP contribution in [0.2, 0.25) is 0 Å². The standard InChI is InChI=1S/C17H18FN3O/c1-11-14(12(2)22-21-11)4-3-8-19-16-7-9-20-17-10-13(18)5-6-15(16)17/h5-7,9-10H,3-4,8H2,1-2H3,(H,19,20). The fourth-order valence-corrected chi connectivity index (χ4v) is 2.62. The van der Waals surface area contributed by atoms with E-state index < -0.39 is 0 Å². The highest BCUT2D eigenvalue weighted by Crippen LogP contribution is 2.22. The number of nitrogens with zero attached hydrogens (tertiary/aromatic N) is 2. The van der Waals surface area contributed by atoms with Crippen LogP contribution in [0.3, 0.4) is 0 Å². The number of benzene rings is 1. The number of nitrogens with one attached hydrogen (secondary N) is 1. The molecule has 0 fully saturated rings. The Labute approximate surface area is 128 Å². The van der Waals surface area contributed by atoms with E-state index in [2.05, 4.69) is 15.5 Å². The average Bonchev–Trinajstić information content (AvgIpc) is 2.82. The van der Waals surface area contributed by atoms with E-state index >= 15 is 0 Å². The van der Waals surface area contributed by atoms with Crippen molar-refractivity contribution in [3.05, 3.63) is 53.3 Å². The predicted octanol–water partition coefficient (Wildman–Crippen LogP) is 4.02. The van der Waals surface area contributed by atoms with Gasteiger partial charge in [0.15, 0.2) is 0 Å². The SMILES string of the molecule is Cc1noc(C)c1CCCNc1ccnc2cc(F)ccc12. The Morgan fingerprint density at radius 3 is 2.86 bits per heavy atom. The van der Waals surface area contributed by atoms with Gasteiger partial charge in [-0.1, -0.05) is 5.16 Å². The van der Waals surface area contributed by atoms with Crippen LogP contribution in [-0.4, -0.2) is 16.7 Å². The second-order valence-electron chi connectivity index (χ2n) is 5.35. The molecule has 3 rings (SSSR count). The lowest BCUT2D eigenvalue weighted by molar-refractivity contribution is 0.392. The molecule has 0 saturated carbocycles. The summed E-state index contributed by atoms with van der Waals surface area (Å²) in [6, 6.07) is 6.58. The third-order valence-electron chi connectivity index (χ3n) is 3.80. The van der Waals surface area contributed by atoms with E-state index in [1.807, 2.05) is 19.9 Å². The van der Waals surface area contributed by atoms with E-state index in [-0.39, 0.29) is 5.82 Å². The third-order valence-corrected chi connectivity index (χ3v) is 3.80. The lowest BCUT2D eigenvalue weighted by Crippen LogP contribution is -2.04. The van der Waals surface area contributed by atoms with E-state index in [0.717, 1.165) is 41.9 Å². The molecule has 22 heavy (non-hydrogen) atoms. The largest absolute Gasteiger partial charge is 0.384 e. The van der Waals surface area contributed by atoms with Crippen molar-refractivity contribution in [3.63, 3.8) is 0 Å². The zero-order chi connectivity index (χ0) is 15.5. The van der Waals surface area contributed by atoms with Crippen LogP contribution in [0.1, 0.15) is 23.4 Å². The van der Waals surface area contributed by atoms with Crippen LogP contribution < -0.4 is 5.32 Å². The van der Waals surface area contributed by atoms with Crippen molar-refractivity contribution in [1.82, 2.24) is 10.1 Å². The first-order valence-electron chi connectivity index (χ1n) is 7.35. The molecule has 0 atom stereocenters. The molecule has 0 spiro atoms. The molecule has 0 aliphatic heterocycles. The zero-order valence-electron chi connectivity index (χ0n) is 12.7. The van der Waals surface area contributed by atoms with Gasteiger partial charge in [0.25, 0.3) is 0 Å². The van der Waals surface area contributed by atoms with Gasteiger partial charge in [-0.3, -0.25) is 4.98 Å². The molecule has 0 aliphatic carbocycles. The molecular formula is C17H18FN3O. The monoisotopic (exact) mass is 299 g/mol. The number of halogens is 1. The molecule has 0 amide bonds. The van der Waals surface area contributed by atoms with Crippen molar-refractivity contribution in [2.75, 3.05) is 11.9 Å². The van der Waals surface area contributed by atoms with Crippen LogP contribution in [0, 0.1) is 19.7 Å². The lowest BCUT2D eigenvalue weighted by Gasteiger charge is -2.09. The molecule has 2 heterocycles. The summed E-state index contributed by atoms with van der Waals surface area (Å²) in [5, 5.41) is 8.29. The normalized spacial score (nSPS) is 11.0. The minimum absolute atomic E-state index is 0.268. The quantitative estimate of drug-likeness (QED) is 0.723. The topological polar surface area (TPSA) is 51.0 Å². The van der Waals surface area contributed by atoms with E-state index in [4.69, 9.17) is 4.52 Å². The summed E-state index contributed by atoms with van der Waals surface area (Å²) < 4.78 is 18.4. The van der Waals surface area contributed by atoms with Gasteiger partial charge in [0, 0.05) is 35.4 Å². The third kappa shape index (κ3) is 2.93. The van der Waals surface area contributed by atoms with Gasteiger partial charge in [0.05, 0.1) is 11.2 Å². The molecule has 0 radical (unpaired) electrons. The Hall–Kier alpha value is -2.43. The van der Waals surface area contributed by atoms with Gasteiger partial charge in [0.1, 0.15) is 11.6 Å². The number of anilines is 1. The summed E-state index contributed by atoms with van der Waals surface area (Å²) in [4.78, 5) is 4.19. The number of pyridine rings is 1. The smallest absolute Gasteiger partial charge is 0.137 e. The Morgan fingerprint density at radius 1 is 1.23 bits per heavy atom. The molecule has 1 aromatic carbocycles. The fourth-order valence-electron chi connectivity index (χ4n) is 2.62. The van der Waals surface area contributed by atoms with E-state index in [9.17, 15) is 4.39 Å². The molecule has 0 aliphatic rings. The van der Waals surface area contributed by atoms with Crippen LogP contribution in [0.4, 0.5) is 10.1 Å². The second-order valence-corrected chi connectivity index (χ2v) is 5.35. The number of hydrogen-bond acceptors (Lipinski definition) is 4. The first kappa shape index (κ1) is 14.5. The average molecular weight is 299 g/mol. The maximum absolute atomic E-state index is 13.2. The zero-order valence-corrected chi connectivity index (χ0v) is 12.7. The van der Waals surface area contributed by atoms with E-state index in [1.54, 1.807) is 12.3 Å². The summed E-state index contributed by atoms with van der Waals surface area (Å²) in [5.74, 6) is 0.623. The van der Waals surface area contributed by atoms with E-state index in [1.165, 1.54) is 17.7 Å². The summed E-state index contributed by atoms with van der Waals surface area (Å²) in [6.45, 7) is 4.72. The summed E-state index contributed by atoms with van der Waals surface area (Å²) in [5.41, 5.74) is 3.78. The van der Waals surface area contributed by atoms with Crippen molar-refractivity contribution < 1.29 is 8.91 Å². The van der Waals surface area contributed by atoms with Gasteiger partial charge in [-0.05, 0) is 44.9 Å². The molecule has 0 saturated heterocycles. The predicted molar refractivity (Wildman–Crippen MR) is 84.5 cm³/mol. The van der Waals surface area contributed by atoms with Gasteiger partial charge in [0.2, 0.25) is 0 Å². The molecule has 1 N–H and O–H groups in total. The molecule has 114 valence electrons. The van der Waals surface area contributed by atoms with Crippen molar-refractivity contribution in [1.29, 1.82) is 0 Å². The Bertz CT molecular complexity index is 778.